The molecule has 442 valence electrons. The van der Waals surface area contributed by atoms with Crippen LogP contribution in [0.5, 0.6) is 11.5 Å². The molecule has 2 aliphatic rings. The molecule has 0 radical (unpaired) electrons. The van der Waals surface area contributed by atoms with E-state index in [1.165, 1.54) is 25.1 Å². The average Bonchev–Trinajstić information content (AvgIpc) is 2.68. The van der Waals surface area contributed by atoms with Gasteiger partial charge in [0.05, 0.1) is 59.2 Å². The van der Waals surface area contributed by atoms with E-state index in [1.807, 2.05) is 60.7 Å². The summed E-state index contributed by atoms with van der Waals surface area (Å²) in [7, 11) is -0.434. The number of nitriles is 1. The Kier molecular flexibility index (Phi) is 18.5. The van der Waals surface area contributed by atoms with Gasteiger partial charge in [0, 0.05) is 16.0 Å². The highest BCUT2D eigenvalue weighted by molar-refractivity contribution is 8.07. The van der Waals surface area contributed by atoms with E-state index in [0.717, 1.165) is 17.2 Å². The van der Waals surface area contributed by atoms with E-state index in [9.17, 15) is 29.1 Å². The Balaban J connectivity index is 1.01. The summed E-state index contributed by atoms with van der Waals surface area (Å²) in [5.41, 5.74) is -0.482. The number of rotatable bonds is 24. The molecule has 4 aromatic heterocycles. The topological polar surface area (TPSA) is 310 Å². The third-order valence-electron chi connectivity index (χ3n) is 13.9. The molecule has 2 unspecified atom stereocenters. The minimum Gasteiger partial charge on any atom is -0.497 e. The normalized spacial score (nSPS) is 21.4. The van der Waals surface area contributed by atoms with Gasteiger partial charge in [0.2, 0.25) is 11.9 Å². The van der Waals surface area contributed by atoms with Gasteiger partial charge in [-0.05, 0) is 64.9 Å². The van der Waals surface area contributed by atoms with E-state index in [0.29, 0.717) is 33.8 Å². The lowest BCUT2D eigenvalue weighted by molar-refractivity contribution is -0.118. The summed E-state index contributed by atoms with van der Waals surface area (Å²) in [4.78, 5) is 73.0. The van der Waals surface area contributed by atoms with Crippen molar-refractivity contribution in [1.29, 1.82) is 5.26 Å². The molecule has 0 aliphatic carbocycles. The molecule has 6 heterocycles. The molecule has 2 fully saturated rings. The zero-order chi connectivity index (χ0) is 60.0. The summed E-state index contributed by atoms with van der Waals surface area (Å²) in [5.74, 6) is -0.691. The van der Waals surface area contributed by atoms with Crippen molar-refractivity contribution in [2.75, 3.05) is 44.7 Å². The molecule has 2 saturated heterocycles. The Labute approximate surface area is 488 Å². The number of methoxy groups -OCH3 is 2. The van der Waals surface area contributed by atoms with Crippen LogP contribution in [0.4, 0.5) is 20.5 Å². The number of ether oxygens (including phenoxy) is 5. The van der Waals surface area contributed by atoms with E-state index in [-0.39, 0.29) is 40.5 Å². The molecule has 2 amide bonds. The second-order valence-electron chi connectivity index (χ2n) is 19.4. The number of aromatic amines is 1. The van der Waals surface area contributed by atoms with Gasteiger partial charge in [-0.2, -0.15) is 10.2 Å². The maximum atomic E-state index is 18.2. The quantitative estimate of drug-likeness (QED) is 0.0254. The number of benzene rings is 4. The molecule has 0 spiro atoms. The predicted octanol–water partition coefficient (Wildman–Crippen LogP) is 7.89. The maximum absolute atomic E-state index is 18.2. The number of amides is 2. The molecule has 2 aliphatic heterocycles. The zero-order valence-corrected chi connectivity index (χ0v) is 48.1. The lowest BCUT2D eigenvalue weighted by Gasteiger charge is -2.37. The minimum absolute atomic E-state index is 0.00665. The first-order chi connectivity index (χ1) is 41.0. The third kappa shape index (κ3) is 12.7. The molecule has 0 saturated carbocycles. The number of carbonyl (C=O) groups excluding carboxylic acids is 2. The molecule has 8 aromatic rings. The van der Waals surface area contributed by atoms with Crippen LogP contribution in [0, 0.1) is 17.2 Å². The molecule has 4 N–H and O–H groups in total. The molecule has 25 nitrogen and oxygen atoms in total. The van der Waals surface area contributed by atoms with Crippen LogP contribution in [0.3, 0.4) is 0 Å². The maximum Gasteiger partial charge on any atom is 0.695 e. The van der Waals surface area contributed by atoms with Crippen molar-refractivity contribution < 1.29 is 69.6 Å². The molecule has 10 rings (SSSR count). The van der Waals surface area contributed by atoms with Crippen molar-refractivity contribution in [2.45, 2.75) is 75.1 Å². The van der Waals surface area contributed by atoms with Gasteiger partial charge < -0.3 is 38.0 Å². The Bertz CT molecular complexity index is 3800. The van der Waals surface area contributed by atoms with E-state index in [1.54, 1.807) is 68.4 Å². The summed E-state index contributed by atoms with van der Waals surface area (Å²) < 4.78 is 105. The minimum atomic E-state index is -4.45. The Hall–Kier alpha value is -7.90. The standard InChI is InChI=1S/C55H53F2N11O14P2S/c1-31(2)49(69)65-54-64-48-43(51(71)66-54)62-30-68(48)53-45(81-83(72)73)40(56)38(79-53)27-78-84(85,77-25-11-24-58)82-44-39(80-52(41(44)57)67-29-61-42-46(59-28-60-47(42)67)63-50(70)32-12-7-5-8-13-32)26-76-55(33-14-9-6-10-15-33,34-16-20-36(74-3)21-17-34)35-18-22-37(75-4)23-19-35/h5-10,12-23,28-31,38-41,44-45,52-53H,11,25-27H2,1-4H3,(H3-,59,60,63,64,65,66,69,70,71,72,73)/p+1/t38-,39-,40-,41-,44-,45-,52-,53-,84?/m1/s1. The highest BCUT2D eigenvalue weighted by Crippen LogP contribution is 2.56. The number of imidazole rings is 2. The lowest BCUT2D eigenvalue weighted by Crippen LogP contribution is -2.40. The molecule has 0 bridgehead atoms. The van der Waals surface area contributed by atoms with Gasteiger partial charge in [-0.25, -0.2) is 28.7 Å². The summed E-state index contributed by atoms with van der Waals surface area (Å²) in [6.07, 6.45) is -11.5. The van der Waals surface area contributed by atoms with Crippen molar-refractivity contribution in [3.8, 4) is 17.6 Å². The highest BCUT2D eigenvalue weighted by Gasteiger charge is 2.55. The van der Waals surface area contributed by atoms with Crippen molar-refractivity contribution in [3.05, 3.63) is 161 Å². The lowest BCUT2D eigenvalue weighted by atomic mass is 9.80. The van der Waals surface area contributed by atoms with E-state index in [4.69, 9.17) is 53.6 Å². The number of nitrogens with one attached hydrogen (secondary N) is 3. The van der Waals surface area contributed by atoms with Crippen LogP contribution in [0.1, 0.15) is 59.8 Å². The van der Waals surface area contributed by atoms with Crippen LogP contribution >= 0.6 is 15.0 Å². The molecule has 30 heteroatoms. The van der Waals surface area contributed by atoms with E-state index in [2.05, 4.69) is 40.5 Å². The van der Waals surface area contributed by atoms with E-state index >= 15 is 8.78 Å². The fourth-order valence-electron chi connectivity index (χ4n) is 9.68. The number of H-pyrrole nitrogens is 1. The second kappa shape index (κ2) is 26.2. The van der Waals surface area contributed by atoms with Gasteiger partial charge >= 0.3 is 15.0 Å². The first-order valence-corrected chi connectivity index (χ1v) is 29.9. The first-order valence-electron chi connectivity index (χ1n) is 26.2. The van der Waals surface area contributed by atoms with Crippen LogP contribution in [0.25, 0.3) is 22.3 Å². The monoisotopic (exact) mass is 1220 g/mol. The average molecular weight is 1230 g/mol. The van der Waals surface area contributed by atoms with Crippen molar-refractivity contribution in [1.82, 2.24) is 39.0 Å². The van der Waals surface area contributed by atoms with Crippen molar-refractivity contribution >= 4 is 72.7 Å². The summed E-state index contributed by atoms with van der Waals surface area (Å²) in [6, 6.07) is 33.8. The number of aromatic nitrogens is 8. The number of hydrogen-bond donors (Lipinski definition) is 4. The second-order valence-corrected chi connectivity index (χ2v) is 23.1. The van der Waals surface area contributed by atoms with Gasteiger partial charge in [0.15, 0.2) is 59.0 Å². The number of nitrogens with zero attached hydrogens (tertiary/aromatic N) is 8. The number of anilines is 2. The Morgan fingerprint density at radius 2 is 1.41 bits per heavy atom. The molecule has 85 heavy (non-hydrogen) atoms. The Morgan fingerprint density at radius 1 is 0.800 bits per heavy atom. The van der Waals surface area contributed by atoms with Crippen LogP contribution in [-0.4, -0.2) is 127 Å². The number of alkyl halides is 2. The van der Waals surface area contributed by atoms with Crippen molar-refractivity contribution in [3.63, 3.8) is 0 Å². The predicted molar refractivity (Wildman–Crippen MR) is 303 cm³/mol. The third-order valence-corrected chi connectivity index (χ3v) is 16.6. The van der Waals surface area contributed by atoms with Crippen LogP contribution in [0.15, 0.2) is 133 Å². The van der Waals surface area contributed by atoms with Gasteiger partial charge in [-0.15, -0.1) is 9.42 Å². The van der Waals surface area contributed by atoms with Gasteiger partial charge in [0.1, 0.15) is 41.7 Å². The smallest absolute Gasteiger partial charge is 0.497 e. The Morgan fingerprint density at radius 3 is 2.04 bits per heavy atom. The summed E-state index contributed by atoms with van der Waals surface area (Å²) >= 11 is 6.01. The highest BCUT2D eigenvalue weighted by atomic mass is 32.5. The number of fused-ring (bicyclic) bond motifs is 2. The van der Waals surface area contributed by atoms with Crippen LogP contribution < -0.4 is 25.7 Å². The first kappa shape index (κ1) is 60.2. The summed E-state index contributed by atoms with van der Waals surface area (Å²) in [6.45, 7) is -2.96. The number of carbonyl (C=O) groups is 2. The van der Waals surface area contributed by atoms with Crippen LogP contribution in [0.2, 0.25) is 0 Å². The molecular formula is C55H54F2N11O14P2S+. The number of hydrogen-bond acceptors (Lipinski definition) is 20. The van der Waals surface area contributed by atoms with Gasteiger partial charge in [0.25, 0.3) is 11.5 Å². The fourth-order valence-corrected chi connectivity index (χ4v) is 12.2. The van der Waals surface area contributed by atoms with E-state index < -0.39 is 113 Å². The SMILES string of the molecule is COc1ccc(C(OC[C@H]2O[C@@H](n3cnc4c(NC(=O)c5ccccc5)ncnc43)[C@H](F)[C@@H]2OP(=S)(OCCC#N)OC[C@H]2O[C@@H](n3cnc4c(=O)[nH]c(NC(=O)C(C)C)nc43)[C@H](O[P+](=O)O)[C@@H]2F)(c2ccccc2)c2ccc(OC)cc2)cc1. The number of halogens is 2. The molecule has 10 atom stereocenters. The van der Waals surface area contributed by atoms with Crippen LogP contribution in [-0.2, 0) is 59.1 Å². The summed E-state index contributed by atoms with van der Waals surface area (Å²) in [5, 5.41) is 14.9. The molecule has 4 aromatic carbocycles. The van der Waals surface area contributed by atoms with Gasteiger partial charge in [-0.3, -0.25) is 38.3 Å². The molecular weight excluding hydrogens is 1170 g/mol. The zero-order valence-electron chi connectivity index (χ0n) is 45.5. The fraction of sp³-hybridized carbons (Fsp3) is 0.327. The largest absolute Gasteiger partial charge is 0.695 e. The van der Waals surface area contributed by atoms with Crippen molar-refractivity contribution in [2.24, 2.45) is 5.92 Å². The van der Waals surface area contributed by atoms with Gasteiger partial charge in [-0.1, -0.05) is 86.6 Å².